The molecule has 1 heterocycles. The molecule has 0 unspecified atom stereocenters. The van der Waals surface area contributed by atoms with Crippen LogP contribution in [-0.2, 0) is 4.79 Å². The van der Waals surface area contributed by atoms with Gasteiger partial charge in [-0.15, -0.1) is 0 Å². The van der Waals surface area contributed by atoms with E-state index in [-0.39, 0.29) is 18.5 Å². The number of likely N-dealkylation sites (N-methyl/N-ethyl adjacent to an activating group) is 1. The average molecular weight is 412 g/mol. The third-order valence-corrected chi connectivity index (χ3v) is 4.90. The fraction of sp³-hybridized carbons (Fsp3) is 0.318. The Balaban J connectivity index is 1.94. The highest BCUT2D eigenvalue weighted by atomic mass is 19.1. The number of halogens is 1. The number of nitrogens with one attached hydrogen (secondary N) is 1. The number of ether oxygens (including phenoxy) is 1. The number of urea groups is 1. The Bertz CT molecular complexity index is 963. The molecule has 3 rings (SSSR count). The second-order valence-corrected chi connectivity index (χ2v) is 6.92. The molecule has 0 radical (unpaired) electrons. The van der Waals surface area contributed by atoms with E-state index in [1.54, 1.807) is 45.3 Å². The van der Waals surface area contributed by atoms with Crippen molar-refractivity contribution in [1.29, 1.82) is 0 Å². The third kappa shape index (κ3) is 4.42. The molecule has 1 aliphatic heterocycles. The number of carbonyl (C=O) groups excluding carboxylic acids is 2. The maximum Gasteiger partial charge on any atom is 0.317 e. The van der Waals surface area contributed by atoms with Crippen molar-refractivity contribution in [3.05, 3.63) is 65.5 Å². The number of methoxy groups -OCH3 is 1. The average Bonchev–Trinajstić information content (AvgIpc) is 3.19. The van der Waals surface area contributed by atoms with Crippen molar-refractivity contribution in [1.82, 2.24) is 15.2 Å². The Morgan fingerprint density at radius 2 is 1.93 bits per heavy atom. The summed E-state index contributed by atoms with van der Waals surface area (Å²) in [6.45, 7) is 2.10. The van der Waals surface area contributed by atoms with E-state index in [9.17, 15) is 14.0 Å². The first-order chi connectivity index (χ1) is 14.5. The molecule has 0 aliphatic carbocycles. The molecule has 2 aromatic rings. The molecule has 0 aromatic heterocycles. The van der Waals surface area contributed by atoms with Gasteiger partial charge in [-0.1, -0.05) is 36.4 Å². The highest BCUT2D eigenvalue weighted by molar-refractivity contribution is 6.03. The normalized spacial score (nSPS) is 15.5. The summed E-state index contributed by atoms with van der Waals surface area (Å²) in [4.78, 5) is 26.4. The Morgan fingerprint density at radius 1 is 1.23 bits per heavy atom. The number of amides is 3. The molecule has 0 bridgehead atoms. The van der Waals surface area contributed by atoms with Gasteiger partial charge >= 0.3 is 6.03 Å². The lowest BCUT2D eigenvalue weighted by molar-refractivity contribution is -0.133. The van der Waals surface area contributed by atoms with Gasteiger partial charge in [0.1, 0.15) is 18.1 Å². The minimum absolute atomic E-state index is 0.161. The number of carbonyl (C=O) groups is 2. The highest BCUT2D eigenvalue weighted by Crippen LogP contribution is 2.37. The summed E-state index contributed by atoms with van der Waals surface area (Å²) in [6, 6.07) is 12.9. The van der Waals surface area contributed by atoms with E-state index in [0.29, 0.717) is 30.0 Å². The number of benzene rings is 2. The van der Waals surface area contributed by atoms with Crippen molar-refractivity contribution >= 4 is 17.6 Å². The minimum Gasteiger partial charge on any atom is -0.496 e. The molecule has 0 saturated carbocycles. The summed E-state index contributed by atoms with van der Waals surface area (Å²) < 4.78 is 19.8. The van der Waals surface area contributed by atoms with Gasteiger partial charge in [-0.2, -0.15) is 5.10 Å². The summed E-state index contributed by atoms with van der Waals surface area (Å²) in [5.41, 5.74) is 1.59. The zero-order valence-electron chi connectivity index (χ0n) is 17.3. The number of hydrogen-bond donors (Lipinski definition) is 1. The minimum atomic E-state index is -0.467. The van der Waals surface area contributed by atoms with Crippen LogP contribution in [0.25, 0.3) is 0 Å². The van der Waals surface area contributed by atoms with Crippen molar-refractivity contribution < 1.29 is 18.7 Å². The maximum absolute atomic E-state index is 14.4. The second-order valence-electron chi connectivity index (χ2n) is 6.92. The van der Waals surface area contributed by atoms with E-state index in [4.69, 9.17) is 4.74 Å². The highest BCUT2D eigenvalue weighted by Gasteiger charge is 2.36. The summed E-state index contributed by atoms with van der Waals surface area (Å²) in [6.07, 6.45) is 0.331. The van der Waals surface area contributed by atoms with Crippen LogP contribution >= 0.6 is 0 Å². The molecule has 1 aliphatic rings. The molecular formula is C22H25FN4O3. The quantitative estimate of drug-likeness (QED) is 0.792. The van der Waals surface area contributed by atoms with E-state index < -0.39 is 11.9 Å². The van der Waals surface area contributed by atoms with Crippen molar-refractivity contribution in [2.45, 2.75) is 19.4 Å². The lowest BCUT2D eigenvalue weighted by atomic mass is 9.97. The molecule has 1 N–H and O–H groups in total. The summed E-state index contributed by atoms with van der Waals surface area (Å²) in [5.74, 6) is -0.155. The molecule has 30 heavy (non-hydrogen) atoms. The SMILES string of the molecule is CCNC(=O)N(C)CC(=O)N1N=C(c2ccccc2F)C[C@@H]1c1ccccc1OC. The van der Waals surface area contributed by atoms with Crippen LogP contribution in [0.3, 0.4) is 0 Å². The van der Waals surface area contributed by atoms with E-state index in [0.717, 1.165) is 5.56 Å². The lowest BCUT2D eigenvalue weighted by Crippen LogP contribution is -2.43. The molecule has 0 fully saturated rings. The van der Waals surface area contributed by atoms with Crippen LogP contribution in [0.1, 0.15) is 30.5 Å². The van der Waals surface area contributed by atoms with Crippen molar-refractivity contribution in [2.75, 3.05) is 27.2 Å². The van der Waals surface area contributed by atoms with Gasteiger partial charge in [0.2, 0.25) is 0 Å². The molecule has 158 valence electrons. The molecule has 1 atom stereocenters. The van der Waals surface area contributed by atoms with Gasteiger partial charge in [-0.3, -0.25) is 4.79 Å². The first kappa shape index (κ1) is 21.3. The Kier molecular flexibility index (Phi) is 6.66. The third-order valence-electron chi connectivity index (χ3n) is 4.90. The summed E-state index contributed by atoms with van der Waals surface area (Å²) in [7, 11) is 3.10. The van der Waals surface area contributed by atoms with Crippen LogP contribution in [0.5, 0.6) is 5.75 Å². The molecule has 7 nitrogen and oxygen atoms in total. The zero-order valence-corrected chi connectivity index (χ0v) is 17.3. The molecular weight excluding hydrogens is 387 g/mol. The molecule has 0 spiro atoms. The topological polar surface area (TPSA) is 74.2 Å². The van der Waals surface area contributed by atoms with Gasteiger partial charge in [0.15, 0.2) is 0 Å². The standard InChI is InChI=1S/C22H25FN4O3/c1-4-24-22(29)26(2)14-21(28)27-19(16-10-6-8-12-20(16)30-3)13-18(25-27)15-9-5-7-11-17(15)23/h5-12,19H,4,13-14H2,1-3H3,(H,24,29)/t19-/m1/s1. The monoisotopic (exact) mass is 412 g/mol. The van der Waals surface area contributed by atoms with Crippen LogP contribution in [0.2, 0.25) is 0 Å². The van der Waals surface area contributed by atoms with Gasteiger partial charge in [-0.25, -0.2) is 14.2 Å². The Morgan fingerprint density at radius 3 is 2.63 bits per heavy atom. The summed E-state index contributed by atoms with van der Waals surface area (Å²) >= 11 is 0. The number of hydrazone groups is 1. The maximum atomic E-state index is 14.4. The number of para-hydroxylation sites is 1. The van der Waals surface area contributed by atoms with Crippen molar-refractivity contribution in [2.24, 2.45) is 5.10 Å². The predicted molar refractivity (Wildman–Crippen MR) is 112 cm³/mol. The first-order valence-corrected chi connectivity index (χ1v) is 9.72. The number of nitrogens with zero attached hydrogens (tertiary/aromatic N) is 3. The lowest BCUT2D eigenvalue weighted by Gasteiger charge is -2.25. The smallest absolute Gasteiger partial charge is 0.317 e. The van der Waals surface area contributed by atoms with Gasteiger partial charge in [-0.05, 0) is 19.1 Å². The van der Waals surface area contributed by atoms with E-state index >= 15 is 0 Å². The van der Waals surface area contributed by atoms with Gasteiger partial charge in [0.25, 0.3) is 5.91 Å². The van der Waals surface area contributed by atoms with Crippen molar-refractivity contribution in [3.8, 4) is 5.75 Å². The Hall–Kier alpha value is -3.42. The number of hydrogen-bond acceptors (Lipinski definition) is 4. The van der Waals surface area contributed by atoms with Gasteiger partial charge in [0, 0.05) is 31.1 Å². The van der Waals surface area contributed by atoms with E-state index in [1.165, 1.54) is 16.0 Å². The molecule has 2 aromatic carbocycles. The number of rotatable bonds is 6. The fourth-order valence-corrected chi connectivity index (χ4v) is 3.42. The van der Waals surface area contributed by atoms with Crippen LogP contribution in [0.4, 0.5) is 9.18 Å². The van der Waals surface area contributed by atoms with Gasteiger partial charge in [0.05, 0.1) is 18.9 Å². The Labute approximate surface area is 175 Å². The zero-order chi connectivity index (χ0) is 21.7. The largest absolute Gasteiger partial charge is 0.496 e. The summed E-state index contributed by atoms with van der Waals surface area (Å²) in [5, 5.41) is 8.44. The van der Waals surface area contributed by atoms with Crippen LogP contribution in [-0.4, -0.2) is 54.8 Å². The van der Waals surface area contributed by atoms with E-state index in [2.05, 4.69) is 10.4 Å². The van der Waals surface area contributed by atoms with E-state index in [1.807, 2.05) is 18.2 Å². The first-order valence-electron chi connectivity index (χ1n) is 9.72. The van der Waals surface area contributed by atoms with Crippen LogP contribution in [0, 0.1) is 5.82 Å². The van der Waals surface area contributed by atoms with Crippen molar-refractivity contribution in [3.63, 3.8) is 0 Å². The van der Waals surface area contributed by atoms with Gasteiger partial charge < -0.3 is 15.0 Å². The molecule has 0 saturated heterocycles. The molecule has 3 amide bonds. The second kappa shape index (κ2) is 9.39. The predicted octanol–water partition coefficient (Wildman–Crippen LogP) is 3.17. The van der Waals surface area contributed by atoms with Crippen LogP contribution < -0.4 is 10.1 Å². The fourth-order valence-electron chi connectivity index (χ4n) is 3.42. The molecule has 8 heteroatoms. The van der Waals surface area contributed by atoms with Crippen LogP contribution in [0.15, 0.2) is 53.6 Å².